The van der Waals surface area contributed by atoms with Gasteiger partial charge in [-0.05, 0) is 39.0 Å². The van der Waals surface area contributed by atoms with E-state index in [2.05, 4.69) is 15.1 Å². The molecule has 3 heterocycles. The molecule has 1 aromatic carbocycles. The van der Waals surface area contributed by atoms with Crippen molar-refractivity contribution in [2.24, 2.45) is 0 Å². The number of hydrogen-bond donors (Lipinski definition) is 0. The van der Waals surface area contributed by atoms with Crippen molar-refractivity contribution >= 4 is 33.3 Å². The molecular weight excluding hydrogens is 394 g/mol. The molecule has 4 rings (SSSR count). The minimum atomic E-state index is -0.545. The fourth-order valence-corrected chi connectivity index (χ4v) is 3.90. The largest absolute Gasteiger partial charge is 0.455 e. The van der Waals surface area contributed by atoms with Crippen molar-refractivity contribution in [3.8, 4) is 0 Å². The lowest BCUT2D eigenvalue weighted by atomic mass is 10.2. The van der Waals surface area contributed by atoms with E-state index in [0.29, 0.717) is 44.5 Å². The highest BCUT2D eigenvalue weighted by atomic mass is 32.1. The molecule has 0 amide bonds. The van der Waals surface area contributed by atoms with Crippen LogP contribution < -0.4 is 11.1 Å². The zero-order chi connectivity index (χ0) is 20.7. The fourth-order valence-electron chi connectivity index (χ4n) is 3.04. The highest BCUT2D eigenvalue weighted by molar-refractivity contribution is 7.16. The first-order chi connectivity index (χ1) is 13.9. The summed E-state index contributed by atoms with van der Waals surface area (Å²) in [6, 6.07) is 6.28. The summed E-state index contributed by atoms with van der Waals surface area (Å²) < 4.78 is 8.14. The first-order valence-electron chi connectivity index (χ1n) is 8.92. The Bertz CT molecular complexity index is 1390. The Morgan fingerprint density at radius 3 is 2.72 bits per heavy atom. The molecule has 0 bridgehead atoms. The zero-order valence-electron chi connectivity index (χ0n) is 16.0. The molecule has 3 aromatic heterocycles. The second kappa shape index (κ2) is 7.21. The lowest BCUT2D eigenvalue weighted by molar-refractivity contribution is 0.0471. The molecular formula is C19H17N5O4S. The summed E-state index contributed by atoms with van der Waals surface area (Å²) in [5.74, 6) is -0.545. The number of esters is 1. The maximum Gasteiger partial charge on any atom is 0.338 e. The molecule has 0 saturated carbocycles. The average Bonchev–Trinajstić information content (AvgIpc) is 3.10. The topological polar surface area (TPSA) is 108 Å². The van der Waals surface area contributed by atoms with E-state index in [1.54, 1.807) is 36.6 Å². The minimum Gasteiger partial charge on any atom is -0.455 e. The molecule has 0 aliphatic carbocycles. The third-order valence-corrected chi connectivity index (χ3v) is 5.28. The zero-order valence-corrected chi connectivity index (χ0v) is 16.8. The Morgan fingerprint density at radius 1 is 1.17 bits per heavy atom. The molecule has 0 N–H and O–H groups in total. The Morgan fingerprint density at radius 2 is 1.97 bits per heavy atom. The number of carbonyl (C=O) groups is 1. The van der Waals surface area contributed by atoms with Crippen molar-refractivity contribution in [1.29, 1.82) is 0 Å². The van der Waals surface area contributed by atoms with Crippen LogP contribution in [-0.4, -0.2) is 30.1 Å². The smallest absolute Gasteiger partial charge is 0.338 e. The van der Waals surface area contributed by atoms with Crippen LogP contribution >= 0.6 is 11.3 Å². The van der Waals surface area contributed by atoms with Gasteiger partial charge in [0.2, 0.25) is 4.96 Å². The summed E-state index contributed by atoms with van der Waals surface area (Å²) >= 11 is 1.19. The lowest BCUT2D eigenvalue weighted by Gasteiger charge is -2.10. The van der Waals surface area contributed by atoms with Gasteiger partial charge in [-0.25, -0.2) is 14.8 Å². The van der Waals surface area contributed by atoms with Crippen molar-refractivity contribution < 1.29 is 9.53 Å². The van der Waals surface area contributed by atoms with E-state index in [-0.39, 0.29) is 17.7 Å². The second-order valence-corrected chi connectivity index (χ2v) is 7.49. The highest BCUT2D eigenvalue weighted by Crippen LogP contribution is 2.16. The number of aromatic nitrogens is 5. The number of fused-ring (bicyclic) bond motifs is 2. The van der Waals surface area contributed by atoms with E-state index in [4.69, 9.17) is 4.74 Å². The molecule has 148 valence electrons. The maximum atomic E-state index is 12.5. The molecule has 0 atom stereocenters. The van der Waals surface area contributed by atoms with Crippen molar-refractivity contribution in [2.45, 2.75) is 33.9 Å². The molecule has 0 saturated heterocycles. The average molecular weight is 411 g/mol. The van der Waals surface area contributed by atoms with Crippen LogP contribution in [0.4, 0.5) is 0 Å². The van der Waals surface area contributed by atoms with E-state index in [0.717, 1.165) is 0 Å². The van der Waals surface area contributed by atoms with E-state index in [9.17, 15) is 14.4 Å². The van der Waals surface area contributed by atoms with Crippen LogP contribution in [0.25, 0.3) is 16.0 Å². The molecule has 0 radical (unpaired) electrons. The maximum absolute atomic E-state index is 12.5. The highest BCUT2D eigenvalue weighted by Gasteiger charge is 2.14. The van der Waals surface area contributed by atoms with Crippen LogP contribution in [0.3, 0.4) is 0 Å². The number of benzene rings is 1. The number of rotatable bonds is 4. The van der Waals surface area contributed by atoms with Gasteiger partial charge in [0.05, 0.1) is 16.6 Å². The number of aryl methyl sites for hydroxylation is 3. The van der Waals surface area contributed by atoms with Crippen molar-refractivity contribution in [2.75, 3.05) is 0 Å². The first-order valence-corrected chi connectivity index (χ1v) is 9.73. The van der Waals surface area contributed by atoms with E-state index >= 15 is 0 Å². The Balaban J connectivity index is 1.59. The standard InChI is InChI=1S/C19H17N5O4S/c1-4-23-14-6-5-12(8-13(14)21-11(3)17(23)26)18(27)28-9-15-22-24-16(25)7-10(2)20-19(24)29-15/h5-8H,4,9H2,1-3H3. The summed E-state index contributed by atoms with van der Waals surface area (Å²) in [5, 5.41) is 4.61. The molecule has 0 spiro atoms. The number of nitrogens with zero attached hydrogens (tertiary/aromatic N) is 5. The molecule has 0 unspecified atom stereocenters. The summed E-state index contributed by atoms with van der Waals surface area (Å²) in [6.07, 6.45) is 0. The van der Waals surface area contributed by atoms with E-state index in [1.807, 2.05) is 6.92 Å². The van der Waals surface area contributed by atoms with Gasteiger partial charge in [-0.1, -0.05) is 11.3 Å². The normalized spacial score (nSPS) is 11.3. The monoisotopic (exact) mass is 411 g/mol. The molecule has 4 aromatic rings. The van der Waals surface area contributed by atoms with Gasteiger partial charge in [-0.15, -0.1) is 0 Å². The Kier molecular flexibility index (Phi) is 4.71. The summed E-state index contributed by atoms with van der Waals surface area (Å²) in [6.45, 7) is 5.68. The fraction of sp³-hybridized carbons (Fsp3) is 0.263. The number of hydrogen-bond acceptors (Lipinski definition) is 8. The molecule has 9 nitrogen and oxygen atoms in total. The number of carbonyl (C=O) groups excluding carboxylic acids is 1. The summed E-state index contributed by atoms with van der Waals surface area (Å²) in [7, 11) is 0. The van der Waals surface area contributed by atoms with Crippen molar-refractivity contribution in [1.82, 2.24) is 24.1 Å². The van der Waals surface area contributed by atoms with Gasteiger partial charge in [-0.2, -0.15) is 9.61 Å². The van der Waals surface area contributed by atoms with Gasteiger partial charge in [0, 0.05) is 18.3 Å². The predicted molar refractivity (Wildman–Crippen MR) is 107 cm³/mol. The summed E-state index contributed by atoms with van der Waals surface area (Å²) in [4.78, 5) is 45.6. The quantitative estimate of drug-likeness (QED) is 0.472. The molecule has 0 fully saturated rings. The van der Waals surface area contributed by atoms with Crippen molar-refractivity contribution in [3.05, 3.63) is 66.9 Å². The van der Waals surface area contributed by atoms with Crippen LogP contribution in [0.5, 0.6) is 0 Å². The second-order valence-electron chi connectivity index (χ2n) is 6.45. The predicted octanol–water partition coefficient (Wildman–Crippen LogP) is 1.85. The Labute approximate surface area is 168 Å². The molecule has 10 heteroatoms. The van der Waals surface area contributed by atoms with Crippen LogP contribution in [0.15, 0.2) is 33.9 Å². The van der Waals surface area contributed by atoms with Gasteiger partial charge < -0.3 is 9.30 Å². The number of ether oxygens (including phenoxy) is 1. The minimum absolute atomic E-state index is 0.0791. The SMILES string of the molecule is CCn1c(=O)c(C)nc2cc(C(=O)OCc3nn4c(=O)cc(C)nc4s3)ccc21. The van der Waals surface area contributed by atoms with Gasteiger partial charge in [0.1, 0.15) is 12.3 Å². The van der Waals surface area contributed by atoms with Gasteiger partial charge >= 0.3 is 5.97 Å². The van der Waals surface area contributed by atoms with Crippen LogP contribution in [0, 0.1) is 13.8 Å². The van der Waals surface area contributed by atoms with Crippen LogP contribution in [0.1, 0.15) is 33.7 Å². The van der Waals surface area contributed by atoms with Gasteiger partial charge in [0.15, 0.2) is 5.01 Å². The Hall–Kier alpha value is -3.40. The molecule has 0 aliphatic heterocycles. The van der Waals surface area contributed by atoms with E-state index in [1.165, 1.54) is 21.9 Å². The van der Waals surface area contributed by atoms with E-state index < -0.39 is 5.97 Å². The lowest BCUT2D eigenvalue weighted by Crippen LogP contribution is -2.23. The third-order valence-electron chi connectivity index (χ3n) is 4.40. The van der Waals surface area contributed by atoms with Gasteiger partial charge in [0.25, 0.3) is 11.1 Å². The third kappa shape index (κ3) is 3.42. The van der Waals surface area contributed by atoms with Crippen LogP contribution in [-0.2, 0) is 17.9 Å². The molecule has 0 aliphatic rings. The summed E-state index contributed by atoms with van der Waals surface area (Å²) in [5.41, 5.74) is 2.07. The first kappa shape index (κ1) is 18.9. The van der Waals surface area contributed by atoms with Crippen LogP contribution in [0.2, 0.25) is 0 Å². The molecule has 29 heavy (non-hydrogen) atoms. The van der Waals surface area contributed by atoms with Gasteiger partial charge in [-0.3, -0.25) is 9.59 Å². The van der Waals surface area contributed by atoms with Crippen molar-refractivity contribution in [3.63, 3.8) is 0 Å².